The van der Waals surface area contributed by atoms with Gasteiger partial charge in [0.1, 0.15) is 11.6 Å². The predicted molar refractivity (Wildman–Crippen MR) is 48.8 cm³/mol. The lowest BCUT2D eigenvalue weighted by Crippen LogP contribution is -2.40. The first-order chi connectivity index (χ1) is 5.72. The third kappa shape index (κ3) is 6.56. The second-order valence-electron chi connectivity index (χ2n) is 3.86. The van der Waals surface area contributed by atoms with Crippen molar-refractivity contribution in [1.82, 2.24) is 0 Å². The van der Waals surface area contributed by atoms with E-state index >= 15 is 0 Å². The molecular weight excluding hydrogens is 173 g/mol. The molecule has 0 radical (unpaired) electrons. The van der Waals surface area contributed by atoms with Gasteiger partial charge in [0, 0.05) is 6.32 Å². The SMILES string of the molecule is CC(C)(C)OC(=O)C(N)CB(O)O. The Morgan fingerprint density at radius 2 is 2.00 bits per heavy atom. The highest BCUT2D eigenvalue weighted by Gasteiger charge is 2.25. The number of carbonyl (C=O) groups is 1. The van der Waals surface area contributed by atoms with E-state index in [9.17, 15) is 4.79 Å². The van der Waals surface area contributed by atoms with Crippen LogP contribution in [0.25, 0.3) is 0 Å². The molecule has 0 aliphatic heterocycles. The smallest absolute Gasteiger partial charge is 0.453 e. The van der Waals surface area contributed by atoms with Crippen molar-refractivity contribution in [2.75, 3.05) is 0 Å². The van der Waals surface area contributed by atoms with E-state index in [2.05, 4.69) is 0 Å². The molecule has 0 aromatic carbocycles. The monoisotopic (exact) mass is 189 g/mol. The van der Waals surface area contributed by atoms with Gasteiger partial charge in [-0.25, -0.2) is 0 Å². The molecule has 0 aromatic rings. The van der Waals surface area contributed by atoms with E-state index < -0.39 is 24.7 Å². The second-order valence-corrected chi connectivity index (χ2v) is 3.86. The van der Waals surface area contributed by atoms with Gasteiger partial charge in [0.05, 0.1) is 0 Å². The summed E-state index contributed by atoms with van der Waals surface area (Å²) in [5, 5.41) is 17.1. The van der Waals surface area contributed by atoms with Crippen molar-refractivity contribution in [3.8, 4) is 0 Å². The highest BCUT2D eigenvalue weighted by atomic mass is 16.6. The van der Waals surface area contributed by atoms with Crippen LogP contribution >= 0.6 is 0 Å². The lowest BCUT2D eigenvalue weighted by atomic mass is 9.82. The fourth-order valence-electron chi connectivity index (χ4n) is 0.701. The number of ether oxygens (including phenoxy) is 1. The molecule has 1 atom stereocenters. The summed E-state index contributed by atoms with van der Waals surface area (Å²) in [6, 6.07) is -0.987. The topological polar surface area (TPSA) is 92.8 Å². The van der Waals surface area contributed by atoms with Gasteiger partial charge in [-0.2, -0.15) is 0 Å². The molecule has 76 valence electrons. The van der Waals surface area contributed by atoms with E-state index in [1.165, 1.54) is 0 Å². The number of hydrogen-bond donors (Lipinski definition) is 3. The summed E-state index contributed by atoms with van der Waals surface area (Å²) < 4.78 is 4.91. The zero-order chi connectivity index (χ0) is 10.6. The molecule has 0 aromatic heterocycles. The van der Waals surface area contributed by atoms with Gasteiger partial charge in [0.25, 0.3) is 0 Å². The quantitative estimate of drug-likeness (QED) is 0.396. The summed E-state index contributed by atoms with van der Waals surface area (Å²) in [4.78, 5) is 11.1. The van der Waals surface area contributed by atoms with Crippen LogP contribution in [0.1, 0.15) is 20.8 Å². The second kappa shape index (κ2) is 4.60. The van der Waals surface area contributed by atoms with Crippen molar-refractivity contribution in [1.29, 1.82) is 0 Å². The molecule has 13 heavy (non-hydrogen) atoms. The summed E-state index contributed by atoms with van der Waals surface area (Å²) in [6.45, 7) is 5.15. The molecule has 0 bridgehead atoms. The van der Waals surface area contributed by atoms with Gasteiger partial charge >= 0.3 is 13.1 Å². The maximum atomic E-state index is 11.1. The maximum absolute atomic E-state index is 11.1. The van der Waals surface area contributed by atoms with Crippen LogP contribution < -0.4 is 5.73 Å². The molecule has 0 heterocycles. The number of hydrogen-bond acceptors (Lipinski definition) is 5. The van der Waals surface area contributed by atoms with E-state index in [1.54, 1.807) is 20.8 Å². The molecule has 0 saturated heterocycles. The largest absolute Gasteiger partial charge is 0.459 e. The third-order valence-corrected chi connectivity index (χ3v) is 1.17. The lowest BCUT2D eigenvalue weighted by Gasteiger charge is -2.21. The Morgan fingerprint density at radius 1 is 1.54 bits per heavy atom. The summed E-state index contributed by atoms with van der Waals surface area (Å²) in [6.07, 6.45) is -0.213. The Bertz CT molecular complexity index is 178. The normalized spacial score (nSPS) is 13.7. The zero-order valence-electron chi connectivity index (χ0n) is 8.15. The van der Waals surface area contributed by atoms with Crippen LogP contribution in [-0.2, 0) is 9.53 Å². The third-order valence-electron chi connectivity index (χ3n) is 1.17. The minimum absolute atomic E-state index is 0.213. The Labute approximate surface area is 78.0 Å². The highest BCUT2D eigenvalue weighted by molar-refractivity contribution is 6.41. The fourth-order valence-corrected chi connectivity index (χ4v) is 0.701. The number of nitrogens with two attached hydrogens (primary N) is 1. The molecule has 0 saturated carbocycles. The van der Waals surface area contributed by atoms with E-state index in [4.69, 9.17) is 20.5 Å². The van der Waals surface area contributed by atoms with Gasteiger partial charge in [0.2, 0.25) is 0 Å². The van der Waals surface area contributed by atoms with Gasteiger partial charge < -0.3 is 20.5 Å². The molecule has 0 fully saturated rings. The molecule has 0 rings (SSSR count). The fraction of sp³-hybridized carbons (Fsp3) is 0.857. The first kappa shape index (κ1) is 12.4. The Morgan fingerprint density at radius 3 is 2.31 bits per heavy atom. The number of esters is 1. The molecule has 0 spiro atoms. The van der Waals surface area contributed by atoms with Crippen LogP contribution in [0.5, 0.6) is 0 Å². The molecule has 6 heteroatoms. The van der Waals surface area contributed by atoms with Crippen LogP contribution in [0.4, 0.5) is 0 Å². The predicted octanol–water partition coefficient (Wildman–Crippen LogP) is -0.872. The molecular formula is C7H16BNO4. The standard InChI is InChI=1S/C7H16BNO4/c1-7(2,3)13-6(10)5(9)4-8(11)12/h5,11-12H,4,9H2,1-3H3. The summed E-state index contributed by atoms with van der Waals surface area (Å²) in [5.41, 5.74) is 4.73. The first-order valence-corrected chi connectivity index (χ1v) is 4.07. The van der Waals surface area contributed by atoms with Gasteiger partial charge in [0.15, 0.2) is 0 Å². The van der Waals surface area contributed by atoms with Gasteiger partial charge in [-0.15, -0.1) is 0 Å². The van der Waals surface area contributed by atoms with Gasteiger partial charge in [-0.1, -0.05) is 0 Å². The minimum Gasteiger partial charge on any atom is -0.459 e. The van der Waals surface area contributed by atoms with E-state index in [-0.39, 0.29) is 6.32 Å². The first-order valence-electron chi connectivity index (χ1n) is 4.07. The Kier molecular flexibility index (Phi) is 4.39. The average Bonchev–Trinajstić information content (AvgIpc) is 1.81. The molecule has 0 amide bonds. The Balaban J connectivity index is 3.97. The maximum Gasteiger partial charge on any atom is 0.453 e. The summed E-state index contributed by atoms with van der Waals surface area (Å²) in [5.74, 6) is -0.624. The molecule has 4 N–H and O–H groups in total. The number of rotatable bonds is 3. The van der Waals surface area contributed by atoms with Crippen molar-refractivity contribution in [3.63, 3.8) is 0 Å². The highest BCUT2D eigenvalue weighted by Crippen LogP contribution is 2.09. The zero-order valence-corrected chi connectivity index (χ0v) is 8.15. The van der Waals surface area contributed by atoms with Crippen molar-refractivity contribution in [2.45, 2.75) is 38.7 Å². The molecule has 0 aliphatic rings. The Hall–Kier alpha value is -0.585. The van der Waals surface area contributed by atoms with Crippen molar-refractivity contribution < 1.29 is 19.6 Å². The van der Waals surface area contributed by atoms with Crippen LogP contribution in [-0.4, -0.2) is 34.8 Å². The van der Waals surface area contributed by atoms with Gasteiger partial charge in [-0.05, 0) is 20.8 Å². The lowest BCUT2D eigenvalue weighted by molar-refractivity contribution is -0.156. The van der Waals surface area contributed by atoms with E-state index in [0.717, 1.165) is 0 Å². The molecule has 1 unspecified atom stereocenters. The van der Waals surface area contributed by atoms with Crippen LogP contribution in [0, 0.1) is 0 Å². The van der Waals surface area contributed by atoms with Crippen LogP contribution in [0.2, 0.25) is 6.32 Å². The van der Waals surface area contributed by atoms with Crippen molar-refractivity contribution in [2.24, 2.45) is 5.73 Å². The van der Waals surface area contributed by atoms with E-state index in [1.807, 2.05) is 0 Å². The number of carbonyl (C=O) groups excluding carboxylic acids is 1. The van der Waals surface area contributed by atoms with Crippen molar-refractivity contribution in [3.05, 3.63) is 0 Å². The summed E-state index contributed by atoms with van der Waals surface area (Å²) in [7, 11) is -1.58. The molecule has 5 nitrogen and oxygen atoms in total. The minimum atomic E-state index is -1.58. The van der Waals surface area contributed by atoms with E-state index in [0.29, 0.717) is 0 Å². The molecule has 0 aliphatic carbocycles. The van der Waals surface area contributed by atoms with Crippen LogP contribution in [0.3, 0.4) is 0 Å². The van der Waals surface area contributed by atoms with Gasteiger partial charge in [-0.3, -0.25) is 4.79 Å². The van der Waals surface area contributed by atoms with Crippen molar-refractivity contribution >= 4 is 13.1 Å². The van der Waals surface area contributed by atoms with Crippen LogP contribution in [0.15, 0.2) is 0 Å². The summed E-state index contributed by atoms with van der Waals surface area (Å²) >= 11 is 0. The average molecular weight is 189 g/mol.